The molecule has 2 aromatic rings. The van der Waals surface area contributed by atoms with Gasteiger partial charge in [0, 0.05) is 30.2 Å². The number of morpholine rings is 1. The van der Waals surface area contributed by atoms with Crippen molar-refractivity contribution in [1.29, 1.82) is 0 Å². The molecule has 1 saturated heterocycles. The molecular formula is C20H26N4O5S. The van der Waals surface area contributed by atoms with Crippen molar-refractivity contribution in [3.8, 4) is 0 Å². The van der Waals surface area contributed by atoms with Gasteiger partial charge in [0.15, 0.2) is 0 Å². The zero-order valence-electron chi connectivity index (χ0n) is 17.3. The predicted molar refractivity (Wildman–Crippen MR) is 112 cm³/mol. The standard InChI is InChI=1S/C20H26N4O5S/c1-4-18(24-15(3)13-14(2)21-20(24)26)19(25)22-16-5-7-17(8-6-16)30(27,28)23-9-11-29-12-10-23/h5-8,13,18H,4,9-12H2,1-3H3,(H,22,25). The molecular weight excluding hydrogens is 408 g/mol. The monoisotopic (exact) mass is 434 g/mol. The summed E-state index contributed by atoms with van der Waals surface area (Å²) < 4.78 is 33.4. The van der Waals surface area contributed by atoms with Crippen LogP contribution in [0.2, 0.25) is 0 Å². The fraction of sp³-hybridized carbons (Fsp3) is 0.450. The van der Waals surface area contributed by atoms with Crippen LogP contribution in [0.4, 0.5) is 5.69 Å². The van der Waals surface area contributed by atoms with Crippen molar-refractivity contribution in [1.82, 2.24) is 13.9 Å². The highest BCUT2D eigenvalue weighted by Gasteiger charge is 2.26. The maximum absolute atomic E-state index is 12.8. The highest BCUT2D eigenvalue weighted by molar-refractivity contribution is 7.89. The Hall–Kier alpha value is -2.56. The highest BCUT2D eigenvalue weighted by atomic mass is 32.2. The van der Waals surface area contributed by atoms with E-state index >= 15 is 0 Å². The number of anilines is 1. The van der Waals surface area contributed by atoms with Crippen LogP contribution in [0, 0.1) is 13.8 Å². The molecule has 1 aromatic carbocycles. The van der Waals surface area contributed by atoms with Crippen molar-refractivity contribution in [3.05, 3.63) is 52.2 Å². The quantitative estimate of drug-likeness (QED) is 0.737. The van der Waals surface area contributed by atoms with E-state index in [0.29, 0.717) is 49.8 Å². The molecule has 1 aliphatic rings. The minimum Gasteiger partial charge on any atom is -0.379 e. The number of hydrogen-bond acceptors (Lipinski definition) is 6. The number of nitrogens with one attached hydrogen (secondary N) is 1. The van der Waals surface area contributed by atoms with Crippen LogP contribution >= 0.6 is 0 Å². The van der Waals surface area contributed by atoms with Crippen LogP contribution in [0.1, 0.15) is 30.8 Å². The van der Waals surface area contributed by atoms with Crippen molar-refractivity contribution >= 4 is 21.6 Å². The minimum absolute atomic E-state index is 0.157. The number of benzene rings is 1. The Labute approximate surface area is 175 Å². The Bertz CT molecular complexity index is 1070. The van der Waals surface area contributed by atoms with Crippen molar-refractivity contribution in [2.75, 3.05) is 31.6 Å². The van der Waals surface area contributed by atoms with E-state index in [0.717, 1.165) is 0 Å². The topological polar surface area (TPSA) is 111 Å². The summed E-state index contributed by atoms with van der Waals surface area (Å²) in [5.74, 6) is -0.364. The average molecular weight is 435 g/mol. The third-order valence-corrected chi connectivity index (χ3v) is 6.92. The third-order valence-electron chi connectivity index (χ3n) is 5.01. The Morgan fingerprint density at radius 1 is 1.20 bits per heavy atom. The van der Waals surface area contributed by atoms with E-state index in [-0.39, 0.29) is 10.8 Å². The minimum atomic E-state index is -3.60. The molecule has 9 nitrogen and oxygen atoms in total. The third kappa shape index (κ3) is 4.61. The molecule has 1 unspecified atom stereocenters. The summed E-state index contributed by atoms with van der Waals surface area (Å²) in [6.07, 6.45) is 0.404. The predicted octanol–water partition coefficient (Wildman–Crippen LogP) is 1.47. The van der Waals surface area contributed by atoms with E-state index in [1.807, 2.05) is 6.92 Å². The number of rotatable bonds is 6. The molecule has 1 atom stereocenters. The molecule has 2 heterocycles. The van der Waals surface area contributed by atoms with Crippen LogP contribution in [0.3, 0.4) is 0 Å². The lowest BCUT2D eigenvalue weighted by Gasteiger charge is -2.26. The number of ether oxygens (including phenoxy) is 1. The zero-order valence-corrected chi connectivity index (χ0v) is 18.1. The smallest absolute Gasteiger partial charge is 0.348 e. The van der Waals surface area contributed by atoms with Gasteiger partial charge in [0.25, 0.3) is 0 Å². The average Bonchev–Trinajstić information content (AvgIpc) is 2.71. The number of carbonyl (C=O) groups is 1. The summed E-state index contributed by atoms with van der Waals surface area (Å²) in [6.45, 7) is 6.68. The van der Waals surface area contributed by atoms with Crippen molar-refractivity contribution in [2.45, 2.75) is 38.1 Å². The van der Waals surface area contributed by atoms with Gasteiger partial charge < -0.3 is 10.1 Å². The molecule has 0 aliphatic carbocycles. The number of aromatic nitrogens is 2. The van der Waals surface area contributed by atoms with Gasteiger partial charge in [-0.15, -0.1) is 0 Å². The first-order valence-electron chi connectivity index (χ1n) is 9.79. The molecule has 0 spiro atoms. The lowest BCUT2D eigenvalue weighted by atomic mass is 10.1. The molecule has 1 aliphatic heterocycles. The van der Waals surface area contributed by atoms with Gasteiger partial charge in [0.1, 0.15) is 6.04 Å². The summed E-state index contributed by atoms with van der Waals surface area (Å²) in [5, 5.41) is 2.76. The number of hydrogen-bond donors (Lipinski definition) is 1. The number of nitrogens with zero attached hydrogens (tertiary/aromatic N) is 3. The van der Waals surface area contributed by atoms with Crippen LogP contribution in [0.25, 0.3) is 0 Å². The highest BCUT2D eigenvalue weighted by Crippen LogP contribution is 2.21. The number of carbonyl (C=O) groups excluding carboxylic acids is 1. The number of aryl methyl sites for hydroxylation is 2. The summed E-state index contributed by atoms with van der Waals surface area (Å²) in [6, 6.07) is 7.05. The van der Waals surface area contributed by atoms with Gasteiger partial charge in [0.05, 0.1) is 18.1 Å². The fourth-order valence-electron chi connectivity index (χ4n) is 3.50. The SMILES string of the molecule is CCC(C(=O)Nc1ccc(S(=O)(=O)N2CCOCC2)cc1)n1c(C)cc(C)nc1=O. The molecule has 1 aromatic heterocycles. The van der Waals surface area contributed by atoms with Crippen LogP contribution in [-0.4, -0.2) is 54.5 Å². The molecule has 1 amide bonds. The summed E-state index contributed by atoms with van der Waals surface area (Å²) in [4.78, 5) is 29.2. The number of sulfonamides is 1. The van der Waals surface area contributed by atoms with E-state index in [4.69, 9.17) is 4.74 Å². The first-order chi connectivity index (χ1) is 14.2. The van der Waals surface area contributed by atoms with Crippen molar-refractivity contribution in [3.63, 3.8) is 0 Å². The van der Waals surface area contributed by atoms with E-state index < -0.39 is 21.8 Å². The van der Waals surface area contributed by atoms with Crippen LogP contribution in [0.5, 0.6) is 0 Å². The Morgan fingerprint density at radius 2 is 1.83 bits per heavy atom. The van der Waals surface area contributed by atoms with Gasteiger partial charge >= 0.3 is 5.69 Å². The number of amides is 1. The summed E-state index contributed by atoms with van der Waals surface area (Å²) >= 11 is 0. The Kier molecular flexibility index (Phi) is 6.69. The van der Waals surface area contributed by atoms with Gasteiger partial charge in [-0.2, -0.15) is 9.29 Å². The molecule has 1 fully saturated rings. The molecule has 0 radical (unpaired) electrons. The van der Waals surface area contributed by atoms with E-state index in [2.05, 4.69) is 10.3 Å². The molecule has 162 valence electrons. The Morgan fingerprint density at radius 3 is 2.40 bits per heavy atom. The fourth-order valence-corrected chi connectivity index (χ4v) is 4.90. The van der Waals surface area contributed by atoms with Crippen molar-refractivity contribution < 1.29 is 17.9 Å². The van der Waals surface area contributed by atoms with Crippen LogP contribution in [-0.2, 0) is 19.6 Å². The van der Waals surface area contributed by atoms with Gasteiger partial charge in [-0.1, -0.05) is 6.92 Å². The molecule has 0 saturated carbocycles. The van der Waals surface area contributed by atoms with Crippen LogP contribution < -0.4 is 11.0 Å². The normalized spacial score (nSPS) is 16.2. The summed E-state index contributed by atoms with van der Waals surface area (Å²) in [7, 11) is -3.60. The molecule has 1 N–H and O–H groups in total. The van der Waals surface area contributed by atoms with Crippen molar-refractivity contribution in [2.24, 2.45) is 0 Å². The maximum Gasteiger partial charge on any atom is 0.348 e. The maximum atomic E-state index is 12.8. The second-order valence-corrected chi connectivity index (χ2v) is 9.08. The molecule has 10 heteroatoms. The van der Waals surface area contributed by atoms with E-state index in [1.54, 1.807) is 32.0 Å². The molecule has 3 rings (SSSR count). The van der Waals surface area contributed by atoms with Gasteiger partial charge in [-0.05, 0) is 50.6 Å². The second kappa shape index (κ2) is 9.07. The van der Waals surface area contributed by atoms with Gasteiger partial charge in [-0.25, -0.2) is 13.2 Å². The first-order valence-corrected chi connectivity index (χ1v) is 11.2. The zero-order chi connectivity index (χ0) is 21.9. The second-order valence-electron chi connectivity index (χ2n) is 7.15. The molecule has 0 bridgehead atoms. The lowest BCUT2D eigenvalue weighted by molar-refractivity contribution is -0.119. The van der Waals surface area contributed by atoms with E-state index in [1.165, 1.54) is 21.0 Å². The van der Waals surface area contributed by atoms with E-state index in [9.17, 15) is 18.0 Å². The van der Waals surface area contributed by atoms with Gasteiger partial charge in [-0.3, -0.25) is 9.36 Å². The van der Waals surface area contributed by atoms with Crippen LogP contribution in [0.15, 0.2) is 40.0 Å². The largest absolute Gasteiger partial charge is 0.379 e. The lowest BCUT2D eigenvalue weighted by Crippen LogP contribution is -2.40. The summed E-state index contributed by atoms with van der Waals surface area (Å²) in [5.41, 5.74) is 1.23. The molecule has 30 heavy (non-hydrogen) atoms. The first kappa shape index (κ1) is 22.1. The van der Waals surface area contributed by atoms with Gasteiger partial charge in [0.2, 0.25) is 15.9 Å². The Balaban J connectivity index is 1.78.